The fourth-order valence-electron chi connectivity index (χ4n) is 5.27. The van der Waals surface area contributed by atoms with Crippen molar-refractivity contribution in [2.45, 2.75) is 43.6 Å². The number of fused-ring (bicyclic) bond motifs is 5. The number of nitrogens with zero attached hydrogens (tertiary/aromatic N) is 1. The highest BCUT2D eigenvalue weighted by molar-refractivity contribution is 6.39. The van der Waals surface area contributed by atoms with E-state index in [2.05, 4.69) is 5.16 Å². The first-order valence-corrected chi connectivity index (χ1v) is 13.0. The van der Waals surface area contributed by atoms with Crippen molar-refractivity contribution < 1.29 is 23.9 Å². The third kappa shape index (κ3) is 3.95. The molecular weight excluding hydrogens is 513 g/mol. The van der Waals surface area contributed by atoms with Crippen molar-refractivity contribution in [1.82, 2.24) is 5.16 Å². The lowest BCUT2D eigenvalue weighted by Gasteiger charge is -2.14. The van der Waals surface area contributed by atoms with Crippen LogP contribution >= 0.6 is 23.2 Å². The molecule has 3 aliphatic rings. The van der Waals surface area contributed by atoms with Crippen LogP contribution in [0.1, 0.15) is 69.8 Å². The van der Waals surface area contributed by atoms with Gasteiger partial charge in [-0.25, -0.2) is 4.79 Å². The van der Waals surface area contributed by atoms with Crippen LogP contribution in [0.5, 0.6) is 17.2 Å². The number of carboxylic acid groups (broad SMARTS) is 1. The first-order chi connectivity index (χ1) is 18.0. The van der Waals surface area contributed by atoms with Gasteiger partial charge in [0.2, 0.25) is 0 Å². The van der Waals surface area contributed by atoms with E-state index in [1.54, 1.807) is 36.4 Å². The van der Waals surface area contributed by atoms with Crippen LogP contribution in [0, 0.1) is 0 Å². The average Bonchev–Trinajstić information content (AvgIpc) is 3.80. The van der Waals surface area contributed by atoms with Crippen LogP contribution in [-0.4, -0.2) is 16.2 Å². The largest absolute Gasteiger partial charge is 0.489 e. The Kier molecular flexibility index (Phi) is 5.24. The second-order valence-corrected chi connectivity index (χ2v) is 10.7. The van der Waals surface area contributed by atoms with Crippen LogP contribution in [0.25, 0.3) is 11.3 Å². The van der Waals surface area contributed by atoms with Crippen molar-refractivity contribution >= 4 is 29.2 Å². The van der Waals surface area contributed by atoms with Crippen molar-refractivity contribution in [1.29, 1.82) is 0 Å². The smallest absolute Gasteiger partial charge is 0.335 e. The van der Waals surface area contributed by atoms with Crippen LogP contribution in [0.4, 0.5) is 0 Å². The molecule has 0 spiro atoms. The molecule has 186 valence electrons. The van der Waals surface area contributed by atoms with Crippen molar-refractivity contribution in [3.8, 4) is 28.5 Å². The number of hydrogen-bond acceptors (Lipinski definition) is 5. The summed E-state index contributed by atoms with van der Waals surface area (Å²) < 4.78 is 18.3. The Morgan fingerprint density at radius 3 is 2.54 bits per heavy atom. The van der Waals surface area contributed by atoms with E-state index in [4.69, 9.17) is 37.2 Å². The maximum atomic E-state index is 11.5. The molecule has 2 saturated carbocycles. The molecule has 0 bridgehead atoms. The Hall–Kier alpha value is -3.48. The summed E-state index contributed by atoms with van der Waals surface area (Å²) in [4.78, 5) is 11.5. The van der Waals surface area contributed by atoms with E-state index in [-0.39, 0.29) is 18.1 Å². The van der Waals surface area contributed by atoms with E-state index in [1.807, 2.05) is 18.2 Å². The van der Waals surface area contributed by atoms with Crippen molar-refractivity contribution in [2.75, 3.05) is 0 Å². The molecule has 8 heteroatoms. The van der Waals surface area contributed by atoms with Crippen LogP contribution in [0.2, 0.25) is 10.0 Å². The predicted octanol–water partition coefficient (Wildman–Crippen LogP) is 8.18. The predicted molar refractivity (Wildman–Crippen MR) is 138 cm³/mol. The maximum Gasteiger partial charge on any atom is 0.335 e. The lowest BCUT2D eigenvalue weighted by molar-refractivity contribution is 0.0696. The summed E-state index contributed by atoms with van der Waals surface area (Å²) in [5.74, 6) is 2.87. The normalized spacial score (nSPS) is 19.2. The Balaban J connectivity index is 1.19. The topological polar surface area (TPSA) is 81.8 Å². The Morgan fingerprint density at radius 2 is 1.78 bits per heavy atom. The van der Waals surface area contributed by atoms with E-state index in [1.165, 1.54) is 0 Å². The summed E-state index contributed by atoms with van der Waals surface area (Å²) in [5.41, 5.74) is 4.43. The lowest BCUT2D eigenvalue weighted by Crippen LogP contribution is -2.01. The van der Waals surface area contributed by atoms with E-state index >= 15 is 0 Å². The number of ether oxygens (including phenoxy) is 2. The average molecular weight is 534 g/mol. The molecule has 0 saturated heterocycles. The molecule has 2 atom stereocenters. The maximum absolute atomic E-state index is 11.5. The molecule has 2 fully saturated rings. The van der Waals surface area contributed by atoms with Crippen LogP contribution in [0.15, 0.2) is 59.1 Å². The third-order valence-electron chi connectivity index (χ3n) is 7.40. The first kappa shape index (κ1) is 22.7. The molecule has 6 nitrogen and oxygen atoms in total. The zero-order chi connectivity index (χ0) is 25.3. The summed E-state index contributed by atoms with van der Waals surface area (Å²) >= 11 is 13.0. The first-order valence-electron chi connectivity index (χ1n) is 12.2. The highest BCUT2D eigenvalue weighted by Crippen LogP contribution is 2.61. The number of aromatic carboxylic acids is 1. The van der Waals surface area contributed by atoms with Gasteiger partial charge in [0.05, 0.1) is 21.2 Å². The van der Waals surface area contributed by atoms with Gasteiger partial charge in [0, 0.05) is 17.5 Å². The number of benzene rings is 3. The van der Waals surface area contributed by atoms with E-state index < -0.39 is 5.97 Å². The molecule has 2 aliphatic carbocycles. The van der Waals surface area contributed by atoms with E-state index in [0.717, 1.165) is 47.5 Å². The monoisotopic (exact) mass is 533 g/mol. The minimum absolute atomic E-state index is 0.246. The molecule has 2 unspecified atom stereocenters. The van der Waals surface area contributed by atoms with Crippen LogP contribution in [0.3, 0.4) is 0 Å². The van der Waals surface area contributed by atoms with Gasteiger partial charge in [0.25, 0.3) is 0 Å². The highest BCUT2D eigenvalue weighted by atomic mass is 35.5. The van der Waals surface area contributed by atoms with Gasteiger partial charge < -0.3 is 19.1 Å². The van der Waals surface area contributed by atoms with Crippen molar-refractivity contribution in [2.24, 2.45) is 0 Å². The number of hydrogen-bond donors (Lipinski definition) is 1. The quantitative estimate of drug-likeness (QED) is 0.269. The molecule has 3 aromatic carbocycles. The zero-order valence-corrected chi connectivity index (χ0v) is 21.1. The molecule has 2 heterocycles. The van der Waals surface area contributed by atoms with Gasteiger partial charge in [0.1, 0.15) is 35.3 Å². The molecule has 0 radical (unpaired) electrons. The standard InChI is InChI=1S/C29H21Cl2NO5/c30-22-2-1-3-23(31)26(22)27-21(28(37-32-27)14-4-5-14)13-35-16-7-8-17-18-12-19(18)20-10-15(29(33)34)6-9-24(20)36-25(17)11-16/h1-3,6-11,14,18-19H,4-5,12-13H2,(H,33,34). The molecular formula is C29H21Cl2NO5. The highest BCUT2D eigenvalue weighted by Gasteiger charge is 2.45. The minimum atomic E-state index is -0.936. The third-order valence-corrected chi connectivity index (χ3v) is 8.03. The van der Waals surface area contributed by atoms with Gasteiger partial charge in [-0.3, -0.25) is 0 Å². The molecule has 37 heavy (non-hydrogen) atoms. The van der Waals surface area contributed by atoms with Crippen molar-refractivity contribution in [3.63, 3.8) is 0 Å². The summed E-state index contributed by atoms with van der Waals surface area (Å²) in [5, 5.41) is 14.7. The Morgan fingerprint density at radius 1 is 1.00 bits per heavy atom. The molecule has 0 amide bonds. The lowest BCUT2D eigenvalue weighted by atomic mass is 10.0. The van der Waals surface area contributed by atoms with Gasteiger partial charge in [0.15, 0.2) is 0 Å². The van der Waals surface area contributed by atoms with Gasteiger partial charge in [-0.1, -0.05) is 40.5 Å². The van der Waals surface area contributed by atoms with Gasteiger partial charge >= 0.3 is 5.97 Å². The van der Waals surface area contributed by atoms with E-state index in [9.17, 15) is 9.90 Å². The summed E-state index contributed by atoms with van der Waals surface area (Å²) in [7, 11) is 0. The Bertz CT molecular complexity index is 1550. The number of carboxylic acids is 1. The summed E-state index contributed by atoms with van der Waals surface area (Å²) in [6.45, 7) is 0.246. The number of aromatic nitrogens is 1. The number of rotatable bonds is 6. The van der Waals surface area contributed by atoms with E-state index in [0.29, 0.717) is 44.6 Å². The molecule has 1 aromatic heterocycles. The molecule has 7 rings (SSSR count). The number of halogens is 2. The van der Waals surface area contributed by atoms with Gasteiger partial charge in [-0.15, -0.1) is 0 Å². The van der Waals surface area contributed by atoms with Gasteiger partial charge in [-0.2, -0.15) is 0 Å². The van der Waals surface area contributed by atoms with Crippen LogP contribution in [-0.2, 0) is 6.61 Å². The second kappa shape index (κ2) is 8.54. The fraction of sp³-hybridized carbons (Fsp3) is 0.241. The fourth-order valence-corrected chi connectivity index (χ4v) is 5.84. The summed E-state index contributed by atoms with van der Waals surface area (Å²) in [6, 6.07) is 16.3. The number of carbonyl (C=O) groups is 1. The van der Waals surface area contributed by atoms with Gasteiger partial charge in [-0.05, 0) is 78.6 Å². The Labute approximate surface area is 222 Å². The van der Waals surface area contributed by atoms with Crippen molar-refractivity contribution in [3.05, 3.63) is 92.7 Å². The van der Waals surface area contributed by atoms with Crippen LogP contribution < -0.4 is 9.47 Å². The minimum Gasteiger partial charge on any atom is -0.489 e. The second-order valence-electron chi connectivity index (χ2n) is 9.84. The molecule has 4 aromatic rings. The SMILES string of the molecule is O=C(O)c1ccc2c(c1)C1CC1c1ccc(OCc3c(-c4c(Cl)cccc4Cl)noc3C3CC3)cc1O2. The molecule has 1 N–H and O–H groups in total. The molecule has 1 aliphatic heterocycles. The zero-order valence-electron chi connectivity index (χ0n) is 19.5. The summed E-state index contributed by atoms with van der Waals surface area (Å²) in [6.07, 6.45) is 3.08.